The molecule has 7 nitrogen and oxygen atoms in total. The number of rotatable bonds is 4. The van der Waals surface area contributed by atoms with Crippen molar-refractivity contribution in [3.05, 3.63) is 82.5 Å². The van der Waals surface area contributed by atoms with Gasteiger partial charge in [0, 0.05) is 17.0 Å². The highest BCUT2D eigenvalue weighted by Crippen LogP contribution is 2.38. The first-order valence-corrected chi connectivity index (χ1v) is 10.8. The minimum atomic E-state index is -0.670. The zero-order valence-corrected chi connectivity index (χ0v) is 19.0. The summed E-state index contributed by atoms with van der Waals surface area (Å²) in [6, 6.07) is 21.4. The Balaban J connectivity index is 1.55. The lowest BCUT2D eigenvalue weighted by Gasteiger charge is -2.20. The molecule has 160 valence electrons. The molecule has 3 aromatic carbocycles. The number of hydrogen-bond acceptors (Lipinski definition) is 5. The van der Waals surface area contributed by atoms with Crippen molar-refractivity contribution in [1.29, 1.82) is 0 Å². The van der Waals surface area contributed by atoms with Gasteiger partial charge in [-0.2, -0.15) is 10.1 Å². The largest absolute Gasteiger partial charge is 0.496 e. The van der Waals surface area contributed by atoms with Crippen molar-refractivity contribution in [2.24, 2.45) is 5.10 Å². The van der Waals surface area contributed by atoms with Gasteiger partial charge in [0.25, 0.3) is 5.90 Å². The number of halogens is 1. The summed E-state index contributed by atoms with van der Waals surface area (Å²) in [6.45, 7) is 1.46. The predicted molar refractivity (Wildman–Crippen MR) is 125 cm³/mol. The molecule has 1 aliphatic heterocycles. The van der Waals surface area contributed by atoms with Gasteiger partial charge in [-0.3, -0.25) is 9.89 Å². The molecular weight excluding hydrogens is 472 g/mol. The van der Waals surface area contributed by atoms with Crippen LogP contribution < -0.4 is 4.74 Å². The summed E-state index contributed by atoms with van der Waals surface area (Å²) in [5, 5.41) is 15.4. The van der Waals surface area contributed by atoms with E-state index in [1.165, 1.54) is 11.9 Å². The summed E-state index contributed by atoms with van der Waals surface area (Å²) < 4.78 is 12.5. The highest BCUT2D eigenvalue weighted by molar-refractivity contribution is 9.10. The van der Waals surface area contributed by atoms with Gasteiger partial charge in [0.2, 0.25) is 12.1 Å². The van der Waals surface area contributed by atoms with Crippen LogP contribution in [0.3, 0.4) is 0 Å². The van der Waals surface area contributed by atoms with Crippen molar-refractivity contribution < 1.29 is 14.3 Å². The van der Waals surface area contributed by atoms with E-state index in [0.29, 0.717) is 23.0 Å². The van der Waals surface area contributed by atoms with E-state index in [1.54, 1.807) is 7.11 Å². The molecule has 8 heteroatoms. The summed E-state index contributed by atoms with van der Waals surface area (Å²) in [5.74, 6) is 0.780. The second-order valence-corrected chi connectivity index (χ2v) is 8.15. The molecule has 0 bridgehead atoms. The smallest absolute Gasteiger partial charge is 0.259 e. The molecule has 1 aliphatic rings. The normalized spacial score (nSPS) is 15.5. The monoisotopic (exact) mass is 490 g/mol. The van der Waals surface area contributed by atoms with Crippen molar-refractivity contribution in [2.75, 3.05) is 7.11 Å². The number of methoxy groups -OCH3 is 1. The van der Waals surface area contributed by atoms with E-state index < -0.39 is 6.23 Å². The van der Waals surface area contributed by atoms with Crippen LogP contribution in [-0.2, 0) is 9.53 Å². The van der Waals surface area contributed by atoms with Crippen molar-refractivity contribution in [1.82, 2.24) is 15.2 Å². The van der Waals surface area contributed by atoms with Gasteiger partial charge in [-0.1, -0.05) is 64.5 Å². The molecule has 2 heterocycles. The number of carbonyl (C=O) groups is 1. The summed E-state index contributed by atoms with van der Waals surface area (Å²) in [5.41, 5.74) is 2.93. The predicted octanol–water partition coefficient (Wildman–Crippen LogP) is 5.24. The van der Waals surface area contributed by atoms with Crippen LogP contribution in [0.15, 0.2) is 76.3 Å². The van der Waals surface area contributed by atoms with Gasteiger partial charge in [-0.05, 0) is 29.0 Å². The van der Waals surface area contributed by atoms with Crippen LogP contribution in [0, 0.1) is 0 Å². The molecule has 0 radical (unpaired) electrons. The van der Waals surface area contributed by atoms with Gasteiger partial charge in [0.15, 0.2) is 0 Å². The number of amides is 1. The van der Waals surface area contributed by atoms with Crippen LogP contribution >= 0.6 is 15.9 Å². The van der Waals surface area contributed by atoms with Crippen molar-refractivity contribution >= 4 is 38.5 Å². The Morgan fingerprint density at radius 3 is 2.69 bits per heavy atom. The zero-order chi connectivity index (χ0) is 22.2. The van der Waals surface area contributed by atoms with Gasteiger partial charge in [0.05, 0.1) is 18.4 Å². The Labute approximate surface area is 192 Å². The van der Waals surface area contributed by atoms with E-state index >= 15 is 0 Å². The third-order valence-electron chi connectivity index (χ3n) is 5.31. The van der Waals surface area contributed by atoms with Gasteiger partial charge >= 0.3 is 0 Å². The number of hydrogen-bond donors (Lipinski definition) is 1. The maximum atomic E-state index is 12.3. The maximum Gasteiger partial charge on any atom is 0.259 e. The fourth-order valence-electron chi connectivity index (χ4n) is 3.80. The number of H-pyrrole nitrogens is 1. The Bertz CT molecular complexity index is 1360. The fraction of sp³-hybridized carbons (Fsp3) is 0.125. The minimum absolute atomic E-state index is 0.226. The van der Waals surface area contributed by atoms with Crippen LogP contribution in [0.2, 0.25) is 0 Å². The fourth-order valence-corrected chi connectivity index (χ4v) is 4.28. The molecule has 1 atom stereocenters. The quantitative estimate of drug-likeness (QED) is 0.424. The van der Waals surface area contributed by atoms with Crippen molar-refractivity contribution in [3.63, 3.8) is 0 Å². The number of hydrazone groups is 1. The number of carbonyl (C=O) groups excluding carboxylic acids is 1. The average Bonchev–Trinajstić information content (AvgIpc) is 3.46. The molecule has 0 aliphatic carbocycles. The number of nitrogens with one attached hydrogen (secondary N) is 1. The van der Waals surface area contributed by atoms with E-state index in [2.05, 4.69) is 31.2 Å². The second-order valence-electron chi connectivity index (χ2n) is 7.29. The Kier molecular flexibility index (Phi) is 5.14. The molecule has 1 amide bonds. The first-order chi connectivity index (χ1) is 15.6. The van der Waals surface area contributed by atoms with Crippen LogP contribution in [0.4, 0.5) is 0 Å². The molecular formula is C24H19BrN4O3. The van der Waals surface area contributed by atoms with Crippen LogP contribution in [0.25, 0.3) is 22.0 Å². The van der Waals surface area contributed by atoms with E-state index in [9.17, 15) is 4.79 Å². The number of aromatic amines is 1. The van der Waals surface area contributed by atoms with E-state index in [-0.39, 0.29) is 5.91 Å². The van der Waals surface area contributed by atoms with Gasteiger partial charge in [-0.15, -0.1) is 5.10 Å². The van der Waals surface area contributed by atoms with Crippen LogP contribution in [-0.4, -0.2) is 34.1 Å². The van der Waals surface area contributed by atoms with Crippen molar-refractivity contribution in [3.8, 4) is 17.0 Å². The molecule has 0 saturated carbocycles. The molecule has 0 saturated heterocycles. The van der Waals surface area contributed by atoms with Gasteiger partial charge < -0.3 is 9.47 Å². The van der Waals surface area contributed by atoms with E-state index in [4.69, 9.17) is 9.47 Å². The highest BCUT2D eigenvalue weighted by atomic mass is 79.9. The highest BCUT2D eigenvalue weighted by Gasteiger charge is 2.35. The number of nitrogens with zero attached hydrogens (tertiary/aromatic N) is 3. The van der Waals surface area contributed by atoms with E-state index in [1.807, 2.05) is 66.7 Å². The molecule has 0 spiro atoms. The van der Waals surface area contributed by atoms with Crippen molar-refractivity contribution in [2.45, 2.75) is 13.2 Å². The number of fused-ring (bicyclic) bond motifs is 1. The lowest BCUT2D eigenvalue weighted by molar-refractivity contribution is -0.135. The van der Waals surface area contributed by atoms with Gasteiger partial charge in [-0.25, -0.2) is 0 Å². The van der Waals surface area contributed by atoms with Crippen LogP contribution in [0.1, 0.15) is 24.4 Å². The second kappa shape index (κ2) is 8.12. The summed E-state index contributed by atoms with van der Waals surface area (Å²) in [6.07, 6.45) is -0.670. The Morgan fingerprint density at radius 1 is 1.12 bits per heavy atom. The lowest BCUT2D eigenvalue weighted by atomic mass is 10.0. The summed E-state index contributed by atoms with van der Waals surface area (Å²) >= 11 is 3.53. The third-order valence-corrected chi connectivity index (χ3v) is 6.04. The average molecular weight is 491 g/mol. The summed E-state index contributed by atoms with van der Waals surface area (Å²) in [4.78, 5) is 12.3. The molecule has 0 fully saturated rings. The first kappa shape index (κ1) is 20.3. The van der Waals surface area contributed by atoms with Gasteiger partial charge in [0.1, 0.15) is 11.4 Å². The third kappa shape index (κ3) is 3.42. The Morgan fingerprint density at radius 2 is 1.91 bits per heavy atom. The topological polar surface area (TPSA) is 79.8 Å². The molecule has 5 rings (SSSR count). The van der Waals surface area contributed by atoms with E-state index in [0.717, 1.165) is 26.4 Å². The lowest BCUT2D eigenvalue weighted by Crippen LogP contribution is -2.25. The minimum Gasteiger partial charge on any atom is -0.496 e. The summed E-state index contributed by atoms with van der Waals surface area (Å²) in [7, 11) is 1.64. The molecule has 4 aromatic rings. The number of ether oxygens (including phenoxy) is 2. The van der Waals surface area contributed by atoms with Crippen LogP contribution in [0.5, 0.6) is 5.75 Å². The standard InChI is InChI=1S/C24H19BrN4O3/c1-14(30)29-24(17-9-5-6-10-18(17)25)32-23(28-29)20-13-19(26-27-20)22-16-8-4-3-7-15(16)11-12-21(22)31-2/h3-13,24H,1-2H3,(H,26,27)/t24-/m0/s1. The molecule has 1 N–H and O–H groups in total. The zero-order valence-electron chi connectivity index (χ0n) is 17.4. The number of benzene rings is 3. The maximum absolute atomic E-state index is 12.3. The molecule has 0 unspecified atom stereocenters. The molecule has 1 aromatic heterocycles. The Hall–Kier alpha value is -3.65. The number of aromatic nitrogens is 2. The SMILES string of the molecule is COc1ccc2ccccc2c1-c1cc(C2=NN(C(C)=O)[C@H](c3ccccc3Br)O2)[nH]n1. The molecule has 32 heavy (non-hydrogen) atoms. The first-order valence-electron chi connectivity index (χ1n) is 9.98.